The van der Waals surface area contributed by atoms with Crippen molar-refractivity contribution in [3.8, 4) is 5.75 Å². The topological polar surface area (TPSA) is 32.8 Å². The molecule has 20 heavy (non-hydrogen) atoms. The second kappa shape index (κ2) is 6.75. The van der Waals surface area contributed by atoms with Gasteiger partial charge in [0.05, 0.1) is 7.11 Å². The van der Waals surface area contributed by atoms with Crippen molar-refractivity contribution in [2.24, 2.45) is 0 Å². The maximum Gasteiger partial charge on any atom is 0.253 e. The van der Waals surface area contributed by atoms with Crippen molar-refractivity contribution in [2.75, 3.05) is 33.8 Å². The first-order valence-electron chi connectivity index (χ1n) is 7.29. The number of likely N-dealkylation sites (tertiary alicyclic amines) is 1. The van der Waals surface area contributed by atoms with Gasteiger partial charge in [-0.25, -0.2) is 0 Å². The van der Waals surface area contributed by atoms with Crippen molar-refractivity contribution in [3.63, 3.8) is 0 Å². The third-order valence-corrected chi connectivity index (χ3v) is 4.19. The van der Waals surface area contributed by atoms with E-state index in [1.807, 2.05) is 30.1 Å². The van der Waals surface area contributed by atoms with E-state index < -0.39 is 0 Å². The Bertz CT molecular complexity index is 454. The van der Waals surface area contributed by atoms with E-state index in [-0.39, 0.29) is 5.91 Å². The van der Waals surface area contributed by atoms with Crippen LogP contribution in [-0.2, 0) is 0 Å². The number of carbonyl (C=O) groups is 1. The summed E-state index contributed by atoms with van der Waals surface area (Å²) >= 11 is 0. The highest BCUT2D eigenvalue weighted by atomic mass is 16.5. The lowest BCUT2D eigenvalue weighted by atomic mass is 10.0. The predicted molar refractivity (Wildman–Crippen MR) is 80.2 cm³/mol. The maximum atomic E-state index is 12.5. The van der Waals surface area contributed by atoms with Gasteiger partial charge in [0.25, 0.3) is 5.91 Å². The smallest absolute Gasteiger partial charge is 0.253 e. The van der Waals surface area contributed by atoms with Crippen LogP contribution in [0.15, 0.2) is 24.3 Å². The molecule has 4 nitrogen and oxygen atoms in total. The Morgan fingerprint density at radius 1 is 1.40 bits per heavy atom. The first kappa shape index (κ1) is 14.9. The van der Waals surface area contributed by atoms with Gasteiger partial charge >= 0.3 is 0 Å². The van der Waals surface area contributed by atoms with E-state index in [9.17, 15) is 4.79 Å². The van der Waals surface area contributed by atoms with Crippen LogP contribution in [0.3, 0.4) is 0 Å². The first-order valence-corrected chi connectivity index (χ1v) is 7.29. The van der Waals surface area contributed by atoms with Gasteiger partial charge in [-0.15, -0.1) is 0 Å². The largest absolute Gasteiger partial charge is 0.497 e. The van der Waals surface area contributed by atoms with Gasteiger partial charge in [-0.3, -0.25) is 4.79 Å². The average molecular weight is 276 g/mol. The van der Waals surface area contributed by atoms with E-state index in [0.717, 1.165) is 38.2 Å². The number of hydrogen-bond acceptors (Lipinski definition) is 3. The molecule has 0 radical (unpaired) electrons. The monoisotopic (exact) mass is 276 g/mol. The van der Waals surface area contributed by atoms with E-state index in [4.69, 9.17) is 4.74 Å². The van der Waals surface area contributed by atoms with Crippen molar-refractivity contribution in [1.29, 1.82) is 0 Å². The third kappa shape index (κ3) is 3.31. The van der Waals surface area contributed by atoms with Crippen molar-refractivity contribution < 1.29 is 9.53 Å². The Morgan fingerprint density at radius 2 is 2.10 bits per heavy atom. The van der Waals surface area contributed by atoms with Crippen LogP contribution in [0.25, 0.3) is 0 Å². The summed E-state index contributed by atoms with van der Waals surface area (Å²) in [5.41, 5.74) is 0.699. The van der Waals surface area contributed by atoms with Gasteiger partial charge in [-0.1, -0.05) is 13.0 Å². The Labute approximate surface area is 121 Å². The number of ether oxygens (including phenoxy) is 1. The molecule has 0 aliphatic carbocycles. The molecule has 1 aromatic rings. The van der Waals surface area contributed by atoms with Crippen molar-refractivity contribution in [2.45, 2.75) is 25.8 Å². The molecule has 1 aromatic carbocycles. The van der Waals surface area contributed by atoms with Gasteiger partial charge in [0.2, 0.25) is 0 Å². The summed E-state index contributed by atoms with van der Waals surface area (Å²) in [6, 6.07) is 7.72. The Morgan fingerprint density at radius 3 is 2.70 bits per heavy atom. The quantitative estimate of drug-likeness (QED) is 0.845. The van der Waals surface area contributed by atoms with E-state index in [0.29, 0.717) is 11.6 Å². The lowest BCUT2D eigenvalue weighted by molar-refractivity contribution is 0.0646. The number of piperidine rings is 1. The molecule has 0 saturated carbocycles. The highest BCUT2D eigenvalue weighted by molar-refractivity contribution is 5.94. The summed E-state index contributed by atoms with van der Waals surface area (Å²) in [6.07, 6.45) is 2.11. The molecule has 1 fully saturated rings. The fourth-order valence-corrected chi connectivity index (χ4v) is 2.75. The van der Waals surface area contributed by atoms with E-state index >= 15 is 0 Å². The summed E-state index contributed by atoms with van der Waals surface area (Å²) < 4.78 is 5.18. The molecule has 2 rings (SSSR count). The van der Waals surface area contributed by atoms with E-state index in [2.05, 4.69) is 11.8 Å². The molecule has 110 valence electrons. The highest BCUT2D eigenvalue weighted by Crippen LogP contribution is 2.19. The second-order valence-electron chi connectivity index (χ2n) is 5.31. The number of amides is 1. The zero-order chi connectivity index (χ0) is 14.5. The molecule has 1 heterocycles. The normalized spacial score (nSPS) is 16.9. The van der Waals surface area contributed by atoms with Crippen LogP contribution in [0.2, 0.25) is 0 Å². The van der Waals surface area contributed by atoms with Crippen molar-refractivity contribution in [1.82, 2.24) is 9.80 Å². The molecule has 1 aliphatic rings. The van der Waals surface area contributed by atoms with E-state index in [1.165, 1.54) is 0 Å². The minimum absolute atomic E-state index is 0.0823. The van der Waals surface area contributed by atoms with Crippen LogP contribution in [0.4, 0.5) is 0 Å². The Hall–Kier alpha value is -1.55. The fourth-order valence-electron chi connectivity index (χ4n) is 2.75. The van der Waals surface area contributed by atoms with Gasteiger partial charge in [0, 0.05) is 31.7 Å². The molecule has 0 aromatic heterocycles. The molecule has 0 N–H and O–H groups in total. The minimum atomic E-state index is 0.0823. The molecule has 0 atom stereocenters. The Kier molecular flexibility index (Phi) is 5.01. The molecule has 1 amide bonds. The average Bonchev–Trinajstić information content (AvgIpc) is 2.53. The summed E-state index contributed by atoms with van der Waals surface area (Å²) in [5, 5.41) is 0. The number of carbonyl (C=O) groups excluding carboxylic acids is 1. The van der Waals surface area contributed by atoms with E-state index in [1.54, 1.807) is 13.2 Å². The standard InChI is InChI=1S/C16H24N2O2/c1-4-18-10-8-14(9-11-18)17(2)16(19)13-6-5-7-15(12-13)20-3/h5-7,12,14H,4,8-11H2,1-3H3. The molecular weight excluding hydrogens is 252 g/mol. The predicted octanol–water partition coefficient (Wildman–Crippen LogP) is 2.25. The van der Waals surface area contributed by atoms with Gasteiger partial charge in [0.15, 0.2) is 0 Å². The van der Waals surface area contributed by atoms with Crippen molar-refractivity contribution in [3.05, 3.63) is 29.8 Å². The van der Waals surface area contributed by atoms with Crippen molar-refractivity contribution >= 4 is 5.91 Å². The highest BCUT2D eigenvalue weighted by Gasteiger charge is 2.25. The SMILES string of the molecule is CCN1CCC(N(C)C(=O)c2cccc(OC)c2)CC1. The second-order valence-corrected chi connectivity index (χ2v) is 5.31. The van der Waals surface area contributed by atoms with Crippen LogP contribution in [0.1, 0.15) is 30.1 Å². The maximum absolute atomic E-state index is 12.5. The zero-order valence-corrected chi connectivity index (χ0v) is 12.6. The summed E-state index contributed by atoms with van der Waals surface area (Å²) in [5.74, 6) is 0.809. The summed E-state index contributed by atoms with van der Waals surface area (Å²) in [6.45, 7) is 5.44. The van der Waals surface area contributed by atoms with Crippen LogP contribution >= 0.6 is 0 Å². The molecular formula is C16H24N2O2. The molecule has 0 unspecified atom stereocenters. The number of nitrogens with zero attached hydrogens (tertiary/aromatic N) is 2. The zero-order valence-electron chi connectivity index (χ0n) is 12.6. The molecule has 1 aliphatic heterocycles. The van der Waals surface area contributed by atoms with Gasteiger partial charge in [-0.05, 0) is 37.6 Å². The number of methoxy groups -OCH3 is 1. The lowest BCUT2D eigenvalue weighted by Gasteiger charge is -2.36. The summed E-state index contributed by atoms with van der Waals surface area (Å²) in [4.78, 5) is 16.8. The molecule has 1 saturated heterocycles. The van der Waals surface area contributed by atoms with Gasteiger partial charge < -0.3 is 14.5 Å². The molecule has 0 bridgehead atoms. The summed E-state index contributed by atoms with van der Waals surface area (Å²) in [7, 11) is 3.53. The molecule has 0 spiro atoms. The van der Waals surface area contributed by atoms with Gasteiger partial charge in [-0.2, -0.15) is 0 Å². The van der Waals surface area contributed by atoms with Crippen LogP contribution in [-0.4, -0.2) is 55.5 Å². The first-order chi connectivity index (χ1) is 9.65. The molecule has 4 heteroatoms. The Balaban J connectivity index is 2.01. The van der Waals surface area contributed by atoms with Crippen LogP contribution < -0.4 is 4.74 Å². The lowest BCUT2D eigenvalue weighted by Crippen LogP contribution is -2.45. The fraction of sp³-hybridized carbons (Fsp3) is 0.562. The number of benzene rings is 1. The minimum Gasteiger partial charge on any atom is -0.497 e. The van der Waals surface area contributed by atoms with Gasteiger partial charge in [0.1, 0.15) is 5.75 Å². The number of rotatable bonds is 4. The third-order valence-electron chi connectivity index (χ3n) is 4.19. The van der Waals surface area contributed by atoms with Crippen LogP contribution in [0, 0.1) is 0 Å². The number of hydrogen-bond donors (Lipinski definition) is 0. The van der Waals surface area contributed by atoms with Crippen LogP contribution in [0.5, 0.6) is 5.75 Å².